The molecule has 1 amide bonds. The first-order valence-corrected chi connectivity index (χ1v) is 9.21. The summed E-state index contributed by atoms with van der Waals surface area (Å²) >= 11 is 0. The zero-order valence-electron chi connectivity index (χ0n) is 16.9. The molecule has 30 heavy (non-hydrogen) atoms. The van der Waals surface area contributed by atoms with Crippen LogP contribution in [0.4, 0.5) is 21.5 Å². The van der Waals surface area contributed by atoms with Crippen LogP contribution in [-0.2, 0) is 0 Å². The predicted molar refractivity (Wildman–Crippen MR) is 111 cm³/mol. The number of carbonyl (C=O) groups is 1. The lowest BCUT2D eigenvalue weighted by Gasteiger charge is -2.22. The first kappa shape index (κ1) is 21.1. The quantitative estimate of drug-likeness (QED) is 0.402. The number of anilines is 3. The Morgan fingerprint density at radius 3 is 2.43 bits per heavy atom. The Bertz CT molecular complexity index is 1160. The second-order valence-corrected chi connectivity index (χ2v) is 7.26. The summed E-state index contributed by atoms with van der Waals surface area (Å²) in [5.41, 5.74) is -0.997. The number of para-hydroxylation sites is 1. The van der Waals surface area contributed by atoms with Gasteiger partial charge in [0.15, 0.2) is 5.75 Å². The van der Waals surface area contributed by atoms with Crippen LogP contribution in [0.3, 0.4) is 0 Å². The molecule has 0 bridgehead atoms. The van der Waals surface area contributed by atoms with E-state index >= 15 is 0 Å². The van der Waals surface area contributed by atoms with Crippen molar-refractivity contribution in [3.8, 4) is 5.75 Å². The molecule has 1 unspecified atom stereocenters. The van der Waals surface area contributed by atoms with E-state index in [0.29, 0.717) is 0 Å². The van der Waals surface area contributed by atoms with Crippen molar-refractivity contribution < 1.29 is 18.7 Å². The fourth-order valence-electron chi connectivity index (χ4n) is 3.03. The fourth-order valence-corrected chi connectivity index (χ4v) is 3.03. The Hall–Kier alpha value is -3.62. The molecule has 0 radical (unpaired) electrons. The van der Waals surface area contributed by atoms with Gasteiger partial charge < -0.3 is 25.1 Å². The first-order chi connectivity index (χ1) is 14.1. The number of rotatable bonds is 7. The number of carbonyl (C=O) groups excluding carboxylic acids is 1. The highest BCUT2D eigenvalue weighted by Gasteiger charge is 2.29. The van der Waals surface area contributed by atoms with Gasteiger partial charge in [-0.05, 0) is 37.6 Å². The Morgan fingerprint density at radius 1 is 1.20 bits per heavy atom. The second-order valence-electron chi connectivity index (χ2n) is 7.26. The zero-order valence-corrected chi connectivity index (χ0v) is 16.9. The molecule has 3 rings (SSSR count). The van der Waals surface area contributed by atoms with Crippen molar-refractivity contribution in [2.75, 3.05) is 24.7 Å². The minimum absolute atomic E-state index is 0.0273. The molecule has 3 aromatic rings. The molecule has 0 aliphatic carbocycles. The fraction of sp³-hybridized carbons (Fsp3) is 0.286. The maximum atomic E-state index is 14.2. The molecule has 1 aromatic heterocycles. The van der Waals surface area contributed by atoms with Gasteiger partial charge in [0.25, 0.3) is 16.8 Å². The summed E-state index contributed by atoms with van der Waals surface area (Å²) in [6, 6.07) is 5.06. The highest BCUT2D eigenvalue weighted by Crippen LogP contribution is 2.33. The number of hydrogen-bond donors (Lipinski definition) is 3. The standard InChI is InChI=1S/C21H22FN3O5/c1-10-8-14(30-9-10)15(11(2)22)24-17-16(19(27)20(17)28)23-13-7-5-6-12(18(13)26)21(29)25(3)4/h5-9,11,15,23-24,26H,1-4H3/t11?,15-/m1/s1. The van der Waals surface area contributed by atoms with Crippen LogP contribution < -0.4 is 21.5 Å². The van der Waals surface area contributed by atoms with Gasteiger partial charge in [0, 0.05) is 14.1 Å². The number of aryl methyl sites for hydroxylation is 1. The molecule has 9 heteroatoms. The third-order valence-corrected chi connectivity index (χ3v) is 4.66. The Kier molecular flexibility index (Phi) is 5.64. The van der Waals surface area contributed by atoms with E-state index in [0.717, 1.165) is 5.56 Å². The molecule has 0 fully saturated rings. The molecule has 0 saturated heterocycles. The molecule has 0 saturated carbocycles. The summed E-state index contributed by atoms with van der Waals surface area (Å²) in [5.74, 6) is -0.519. The highest BCUT2D eigenvalue weighted by molar-refractivity contribution is 5.99. The summed E-state index contributed by atoms with van der Waals surface area (Å²) in [5, 5.41) is 15.9. The maximum absolute atomic E-state index is 14.2. The molecule has 1 heterocycles. The number of nitrogens with zero attached hydrogens (tertiary/aromatic N) is 1. The number of amides is 1. The highest BCUT2D eigenvalue weighted by atomic mass is 19.1. The summed E-state index contributed by atoms with van der Waals surface area (Å²) in [6.45, 7) is 3.08. The van der Waals surface area contributed by atoms with Crippen molar-refractivity contribution in [3.05, 3.63) is 67.9 Å². The molecule has 158 valence electrons. The normalized spacial score (nSPS) is 13.1. The zero-order chi connectivity index (χ0) is 22.2. The van der Waals surface area contributed by atoms with E-state index in [-0.39, 0.29) is 34.1 Å². The number of benzene rings is 1. The molecular weight excluding hydrogens is 393 g/mol. The largest absolute Gasteiger partial charge is 0.505 e. The van der Waals surface area contributed by atoms with E-state index in [1.165, 1.54) is 50.4 Å². The predicted octanol–water partition coefficient (Wildman–Crippen LogP) is 2.85. The number of furan rings is 1. The van der Waals surface area contributed by atoms with E-state index in [4.69, 9.17) is 4.42 Å². The molecule has 0 spiro atoms. The lowest BCUT2D eigenvalue weighted by atomic mass is 10.1. The number of phenolic OH excluding ortho intramolecular Hbond substituents is 1. The van der Waals surface area contributed by atoms with Crippen molar-refractivity contribution >= 4 is 23.0 Å². The van der Waals surface area contributed by atoms with Gasteiger partial charge in [-0.1, -0.05) is 6.07 Å². The van der Waals surface area contributed by atoms with Crippen LogP contribution in [-0.4, -0.2) is 36.2 Å². The lowest BCUT2D eigenvalue weighted by molar-refractivity contribution is 0.0824. The van der Waals surface area contributed by atoms with Crippen LogP contribution in [0.25, 0.3) is 0 Å². The molecular formula is C21H22FN3O5. The van der Waals surface area contributed by atoms with Crippen molar-refractivity contribution in [1.82, 2.24) is 4.90 Å². The number of phenols is 1. The molecule has 8 nitrogen and oxygen atoms in total. The number of hydrogen-bond acceptors (Lipinski definition) is 7. The third kappa shape index (κ3) is 3.78. The molecule has 2 aromatic carbocycles. The van der Waals surface area contributed by atoms with Gasteiger partial charge in [0.1, 0.15) is 29.3 Å². The second kappa shape index (κ2) is 8.02. The average molecular weight is 415 g/mol. The Labute approximate surface area is 171 Å². The van der Waals surface area contributed by atoms with Gasteiger partial charge in [0.05, 0.1) is 17.5 Å². The summed E-state index contributed by atoms with van der Waals surface area (Å²) < 4.78 is 19.5. The summed E-state index contributed by atoms with van der Waals surface area (Å²) in [7, 11) is 3.07. The SMILES string of the molecule is Cc1coc([C@H](Nc2c(Nc3cccc(C(=O)N(C)C)c3O)c(=O)c2=O)C(C)F)c1. The molecule has 0 aliphatic heterocycles. The summed E-state index contributed by atoms with van der Waals surface area (Å²) in [6.07, 6.45) is 0.0288. The van der Waals surface area contributed by atoms with E-state index < -0.39 is 29.0 Å². The van der Waals surface area contributed by atoms with Crippen LogP contribution in [0.5, 0.6) is 5.75 Å². The smallest absolute Gasteiger partial charge is 0.257 e. The minimum Gasteiger partial charge on any atom is -0.505 e. The molecule has 0 aliphatic rings. The molecule has 2 atom stereocenters. The lowest BCUT2D eigenvalue weighted by Crippen LogP contribution is -2.38. The van der Waals surface area contributed by atoms with Gasteiger partial charge >= 0.3 is 0 Å². The van der Waals surface area contributed by atoms with Gasteiger partial charge in [-0.15, -0.1) is 0 Å². The average Bonchev–Trinajstić information content (AvgIpc) is 3.13. The molecule has 3 N–H and O–H groups in total. The number of aromatic hydroxyl groups is 1. The van der Waals surface area contributed by atoms with Crippen LogP contribution in [0.2, 0.25) is 0 Å². The van der Waals surface area contributed by atoms with Gasteiger partial charge in [0.2, 0.25) is 0 Å². The Morgan fingerprint density at radius 2 is 1.87 bits per heavy atom. The monoisotopic (exact) mass is 415 g/mol. The van der Waals surface area contributed by atoms with Crippen LogP contribution in [0.15, 0.2) is 44.5 Å². The first-order valence-electron chi connectivity index (χ1n) is 9.21. The van der Waals surface area contributed by atoms with Crippen molar-refractivity contribution in [2.24, 2.45) is 0 Å². The Balaban J connectivity index is 1.93. The van der Waals surface area contributed by atoms with E-state index in [1.54, 1.807) is 13.0 Å². The van der Waals surface area contributed by atoms with Crippen molar-refractivity contribution in [2.45, 2.75) is 26.1 Å². The van der Waals surface area contributed by atoms with Crippen molar-refractivity contribution in [1.29, 1.82) is 0 Å². The van der Waals surface area contributed by atoms with E-state index in [2.05, 4.69) is 10.6 Å². The number of halogens is 1. The third-order valence-electron chi connectivity index (χ3n) is 4.66. The van der Waals surface area contributed by atoms with Crippen molar-refractivity contribution in [3.63, 3.8) is 0 Å². The topological polar surface area (TPSA) is 112 Å². The van der Waals surface area contributed by atoms with Gasteiger partial charge in [-0.2, -0.15) is 0 Å². The van der Waals surface area contributed by atoms with Crippen LogP contribution in [0, 0.1) is 6.92 Å². The van der Waals surface area contributed by atoms with E-state index in [1.807, 2.05) is 0 Å². The van der Waals surface area contributed by atoms with Crippen LogP contribution >= 0.6 is 0 Å². The number of alkyl halides is 1. The van der Waals surface area contributed by atoms with Crippen LogP contribution in [0.1, 0.15) is 34.6 Å². The van der Waals surface area contributed by atoms with E-state index in [9.17, 15) is 23.9 Å². The minimum atomic E-state index is -1.43. The maximum Gasteiger partial charge on any atom is 0.257 e. The van der Waals surface area contributed by atoms with Gasteiger partial charge in [-0.25, -0.2) is 4.39 Å². The number of nitrogens with one attached hydrogen (secondary N) is 2. The van der Waals surface area contributed by atoms with Gasteiger partial charge in [-0.3, -0.25) is 14.4 Å². The summed E-state index contributed by atoms with van der Waals surface area (Å²) in [4.78, 5) is 37.7.